The van der Waals surface area contributed by atoms with Crippen LogP contribution in [0.25, 0.3) is 0 Å². The van der Waals surface area contributed by atoms with Gasteiger partial charge in [0, 0.05) is 6.07 Å². The largest absolute Gasteiger partial charge is 0.493 e. The van der Waals surface area contributed by atoms with Crippen molar-refractivity contribution < 1.29 is 14.4 Å². The van der Waals surface area contributed by atoms with E-state index >= 15 is 0 Å². The van der Waals surface area contributed by atoms with Crippen LogP contribution >= 0.6 is 0 Å². The Kier molecular flexibility index (Phi) is 3.69. The Morgan fingerprint density at radius 3 is 2.72 bits per heavy atom. The van der Waals surface area contributed by atoms with Gasteiger partial charge in [-0.3, -0.25) is 10.1 Å². The first kappa shape index (κ1) is 12.7. The number of non-ortho nitro benzene ring substituents is 1. The summed E-state index contributed by atoms with van der Waals surface area (Å²) in [5, 5.41) is 10.7. The van der Waals surface area contributed by atoms with Crippen molar-refractivity contribution in [2.75, 3.05) is 13.7 Å². The Balaban J connectivity index is 2.04. The van der Waals surface area contributed by atoms with E-state index in [2.05, 4.69) is 6.92 Å². The summed E-state index contributed by atoms with van der Waals surface area (Å²) >= 11 is 0. The number of benzene rings is 1. The number of hydrogen-bond donors (Lipinski definition) is 0. The van der Waals surface area contributed by atoms with Crippen LogP contribution in [-0.2, 0) is 0 Å². The van der Waals surface area contributed by atoms with Crippen LogP contribution in [0, 0.1) is 22.0 Å². The van der Waals surface area contributed by atoms with Crippen LogP contribution in [0.5, 0.6) is 11.5 Å². The van der Waals surface area contributed by atoms with Crippen LogP contribution < -0.4 is 9.47 Å². The molecular formula is C13H17NO4. The van der Waals surface area contributed by atoms with Crippen molar-refractivity contribution in [1.29, 1.82) is 0 Å². The predicted molar refractivity (Wildman–Crippen MR) is 67.0 cm³/mol. The van der Waals surface area contributed by atoms with Crippen molar-refractivity contribution >= 4 is 5.69 Å². The van der Waals surface area contributed by atoms with Crippen LogP contribution in [-0.4, -0.2) is 18.6 Å². The number of rotatable bonds is 6. The van der Waals surface area contributed by atoms with Gasteiger partial charge in [0.05, 0.1) is 24.7 Å². The molecule has 0 aromatic heterocycles. The fourth-order valence-corrected chi connectivity index (χ4v) is 1.91. The fraction of sp³-hybridized carbons (Fsp3) is 0.538. The zero-order chi connectivity index (χ0) is 13.1. The van der Waals surface area contributed by atoms with Crippen LogP contribution in [0.15, 0.2) is 18.2 Å². The van der Waals surface area contributed by atoms with E-state index in [0.717, 1.165) is 5.92 Å². The van der Waals surface area contributed by atoms with Gasteiger partial charge in [0.15, 0.2) is 11.5 Å². The summed E-state index contributed by atoms with van der Waals surface area (Å²) in [4.78, 5) is 10.2. The number of nitrogens with zero attached hydrogens (tertiary/aromatic N) is 1. The van der Waals surface area contributed by atoms with E-state index in [1.54, 1.807) is 6.07 Å². The molecule has 1 saturated carbocycles. The number of nitro groups is 1. The maximum Gasteiger partial charge on any atom is 0.273 e. The van der Waals surface area contributed by atoms with Gasteiger partial charge in [-0.2, -0.15) is 0 Å². The highest BCUT2D eigenvalue weighted by atomic mass is 16.6. The van der Waals surface area contributed by atoms with Gasteiger partial charge in [-0.15, -0.1) is 0 Å². The Hall–Kier alpha value is -1.78. The number of ether oxygens (including phenoxy) is 2. The van der Waals surface area contributed by atoms with Crippen LogP contribution in [0.2, 0.25) is 0 Å². The van der Waals surface area contributed by atoms with E-state index < -0.39 is 4.92 Å². The lowest BCUT2D eigenvalue weighted by molar-refractivity contribution is -0.384. The van der Waals surface area contributed by atoms with Gasteiger partial charge in [-0.05, 0) is 30.7 Å². The summed E-state index contributed by atoms with van der Waals surface area (Å²) in [7, 11) is 1.48. The molecule has 1 aliphatic carbocycles. The molecule has 0 radical (unpaired) electrons. The molecule has 5 heteroatoms. The standard InChI is InChI=1S/C13H17NO4/c1-9(10-3-4-10)8-18-12-6-5-11(14(15)16)7-13(12)17-2/h5-7,9-10H,3-4,8H2,1-2H3. The monoisotopic (exact) mass is 251 g/mol. The van der Waals surface area contributed by atoms with Crippen molar-refractivity contribution in [2.45, 2.75) is 19.8 Å². The summed E-state index contributed by atoms with van der Waals surface area (Å²) in [6.45, 7) is 2.79. The maximum atomic E-state index is 10.7. The minimum Gasteiger partial charge on any atom is -0.493 e. The van der Waals surface area contributed by atoms with E-state index in [1.165, 1.54) is 32.1 Å². The van der Waals surface area contributed by atoms with Crippen molar-refractivity contribution in [3.8, 4) is 11.5 Å². The molecule has 0 saturated heterocycles. The highest BCUT2D eigenvalue weighted by Gasteiger charge is 2.28. The molecule has 5 nitrogen and oxygen atoms in total. The van der Waals surface area contributed by atoms with E-state index in [1.807, 2.05) is 0 Å². The van der Waals surface area contributed by atoms with E-state index in [4.69, 9.17) is 9.47 Å². The summed E-state index contributed by atoms with van der Waals surface area (Å²) in [6.07, 6.45) is 2.56. The molecule has 1 aromatic rings. The minimum absolute atomic E-state index is 0.00874. The van der Waals surface area contributed by atoms with E-state index in [-0.39, 0.29) is 5.69 Å². The molecule has 1 unspecified atom stereocenters. The Morgan fingerprint density at radius 2 is 2.17 bits per heavy atom. The van der Waals surface area contributed by atoms with Gasteiger partial charge in [0.1, 0.15) is 0 Å². The molecular weight excluding hydrogens is 234 g/mol. The highest BCUT2D eigenvalue weighted by molar-refractivity contribution is 5.48. The molecule has 1 aromatic carbocycles. The third-order valence-corrected chi connectivity index (χ3v) is 3.29. The SMILES string of the molecule is COc1cc([N+](=O)[O-])ccc1OCC(C)C1CC1. The third-order valence-electron chi connectivity index (χ3n) is 3.29. The molecule has 0 N–H and O–H groups in total. The topological polar surface area (TPSA) is 61.6 Å². The smallest absolute Gasteiger partial charge is 0.273 e. The molecule has 0 bridgehead atoms. The lowest BCUT2D eigenvalue weighted by Gasteiger charge is -2.14. The molecule has 0 aliphatic heterocycles. The number of methoxy groups -OCH3 is 1. The molecule has 2 rings (SSSR count). The Labute approximate surface area is 106 Å². The molecule has 1 atom stereocenters. The minimum atomic E-state index is -0.445. The summed E-state index contributed by atoms with van der Waals surface area (Å²) in [6, 6.07) is 4.41. The van der Waals surface area contributed by atoms with Gasteiger partial charge in [0.2, 0.25) is 0 Å². The van der Waals surface area contributed by atoms with Crippen LogP contribution in [0.4, 0.5) is 5.69 Å². The van der Waals surface area contributed by atoms with Crippen molar-refractivity contribution in [3.05, 3.63) is 28.3 Å². The molecule has 0 spiro atoms. The van der Waals surface area contributed by atoms with Gasteiger partial charge >= 0.3 is 0 Å². The highest BCUT2D eigenvalue weighted by Crippen LogP contribution is 2.37. The molecule has 1 aliphatic rings. The first-order valence-corrected chi connectivity index (χ1v) is 6.07. The molecule has 0 amide bonds. The van der Waals surface area contributed by atoms with E-state index in [9.17, 15) is 10.1 Å². The first-order chi connectivity index (χ1) is 8.61. The lowest BCUT2D eigenvalue weighted by Crippen LogP contribution is -2.10. The average molecular weight is 251 g/mol. The Morgan fingerprint density at radius 1 is 1.44 bits per heavy atom. The molecule has 18 heavy (non-hydrogen) atoms. The van der Waals surface area contributed by atoms with Crippen LogP contribution in [0.3, 0.4) is 0 Å². The average Bonchev–Trinajstić information content (AvgIpc) is 3.19. The first-order valence-electron chi connectivity index (χ1n) is 6.07. The zero-order valence-corrected chi connectivity index (χ0v) is 10.6. The third kappa shape index (κ3) is 2.91. The van der Waals surface area contributed by atoms with Gasteiger partial charge < -0.3 is 9.47 Å². The molecule has 0 heterocycles. The Bertz CT molecular complexity index is 443. The number of nitro benzene ring substituents is 1. The zero-order valence-electron chi connectivity index (χ0n) is 10.6. The summed E-state index contributed by atoms with van der Waals surface area (Å²) < 4.78 is 10.8. The molecule has 1 fully saturated rings. The second-order valence-electron chi connectivity index (χ2n) is 4.72. The van der Waals surface area contributed by atoms with Crippen molar-refractivity contribution in [3.63, 3.8) is 0 Å². The van der Waals surface area contributed by atoms with Crippen molar-refractivity contribution in [2.24, 2.45) is 11.8 Å². The van der Waals surface area contributed by atoms with Gasteiger partial charge in [-0.25, -0.2) is 0 Å². The fourth-order valence-electron chi connectivity index (χ4n) is 1.91. The maximum absolute atomic E-state index is 10.7. The molecule has 98 valence electrons. The van der Waals surface area contributed by atoms with Crippen LogP contribution in [0.1, 0.15) is 19.8 Å². The normalized spacial score (nSPS) is 16.1. The second kappa shape index (κ2) is 5.25. The lowest BCUT2D eigenvalue weighted by atomic mass is 10.1. The van der Waals surface area contributed by atoms with Gasteiger partial charge in [-0.1, -0.05) is 6.92 Å². The van der Waals surface area contributed by atoms with Crippen molar-refractivity contribution in [1.82, 2.24) is 0 Å². The van der Waals surface area contributed by atoms with Gasteiger partial charge in [0.25, 0.3) is 5.69 Å². The predicted octanol–water partition coefficient (Wildman–Crippen LogP) is 3.03. The van der Waals surface area contributed by atoms with E-state index in [0.29, 0.717) is 24.0 Å². The second-order valence-corrected chi connectivity index (χ2v) is 4.72. The number of hydrogen-bond acceptors (Lipinski definition) is 4. The summed E-state index contributed by atoms with van der Waals surface area (Å²) in [5.41, 5.74) is 0.00874. The quantitative estimate of drug-likeness (QED) is 0.576. The summed E-state index contributed by atoms with van der Waals surface area (Å²) in [5.74, 6) is 2.27.